The van der Waals surface area contributed by atoms with Gasteiger partial charge in [-0.2, -0.15) is 0 Å². The van der Waals surface area contributed by atoms with Crippen molar-refractivity contribution >= 4 is 17.8 Å². The number of urea groups is 1. The van der Waals surface area contributed by atoms with E-state index in [9.17, 15) is 9.59 Å². The molecule has 2 rings (SSSR count). The zero-order valence-electron chi connectivity index (χ0n) is 12.8. The Morgan fingerprint density at radius 1 is 1.18 bits per heavy atom. The van der Waals surface area contributed by atoms with Crippen molar-refractivity contribution in [3.8, 4) is 0 Å². The summed E-state index contributed by atoms with van der Waals surface area (Å²) >= 11 is 0. The number of piperazine rings is 1. The Bertz CT molecular complexity index is 487. The number of rotatable bonds is 4. The van der Waals surface area contributed by atoms with E-state index in [1.54, 1.807) is 34.3 Å². The summed E-state index contributed by atoms with van der Waals surface area (Å²) in [6.45, 7) is 4.50. The quantitative estimate of drug-likeness (QED) is 0.865. The Balaban J connectivity index is 1.74. The van der Waals surface area contributed by atoms with Gasteiger partial charge >= 0.3 is 12.1 Å². The summed E-state index contributed by atoms with van der Waals surface area (Å²) in [4.78, 5) is 31.2. The number of pyridine rings is 1. The van der Waals surface area contributed by atoms with Crippen molar-refractivity contribution in [2.45, 2.75) is 19.8 Å². The summed E-state index contributed by atoms with van der Waals surface area (Å²) in [5.74, 6) is 0. The molecule has 0 spiro atoms. The molecule has 2 heterocycles. The van der Waals surface area contributed by atoms with Crippen LogP contribution in [0.4, 0.5) is 15.3 Å². The Morgan fingerprint density at radius 2 is 1.82 bits per heavy atom. The first-order chi connectivity index (χ1) is 10.7. The first-order valence-corrected chi connectivity index (χ1v) is 7.58. The molecule has 0 bridgehead atoms. The van der Waals surface area contributed by atoms with E-state index in [4.69, 9.17) is 4.74 Å². The van der Waals surface area contributed by atoms with E-state index in [0.29, 0.717) is 38.5 Å². The molecule has 1 aliphatic heterocycles. The smallest absolute Gasteiger partial charge is 0.409 e. The third kappa shape index (κ3) is 4.61. The summed E-state index contributed by atoms with van der Waals surface area (Å²) < 4.78 is 5.17. The lowest BCUT2D eigenvalue weighted by atomic mass is 10.3. The van der Waals surface area contributed by atoms with Gasteiger partial charge in [-0.05, 0) is 18.6 Å². The number of unbranched alkanes of at least 4 members (excludes halogenated alkanes) is 1. The summed E-state index contributed by atoms with van der Waals surface area (Å²) in [6.07, 6.45) is 4.83. The molecule has 120 valence electrons. The second-order valence-electron chi connectivity index (χ2n) is 5.11. The van der Waals surface area contributed by atoms with Crippen molar-refractivity contribution < 1.29 is 14.3 Å². The highest BCUT2D eigenvalue weighted by Gasteiger charge is 2.24. The molecule has 1 saturated heterocycles. The van der Waals surface area contributed by atoms with E-state index < -0.39 is 0 Å². The molecule has 0 aromatic carbocycles. The molecular formula is C15H22N4O3. The monoisotopic (exact) mass is 306 g/mol. The van der Waals surface area contributed by atoms with Gasteiger partial charge in [0.25, 0.3) is 0 Å². The highest BCUT2D eigenvalue weighted by Crippen LogP contribution is 2.09. The predicted octanol–water partition coefficient (Wildman–Crippen LogP) is 2.17. The first kappa shape index (κ1) is 16.1. The molecule has 0 radical (unpaired) electrons. The summed E-state index contributed by atoms with van der Waals surface area (Å²) in [6, 6.07) is 3.31. The van der Waals surface area contributed by atoms with Gasteiger partial charge in [0.1, 0.15) is 0 Å². The normalized spacial score (nSPS) is 14.6. The number of anilines is 1. The molecule has 1 aliphatic rings. The number of carbonyl (C=O) groups is 2. The van der Waals surface area contributed by atoms with Crippen LogP contribution in [0.3, 0.4) is 0 Å². The zero-order valence-corrected chi connectivity index (χ0v) is 12.8. The molecule has 1 fully saturated rings. The van der Waals surface area contributed by atoms with E-state index >= 15 is 0 Å². The molecule has 7 nitrogen and oxygen atoms in total. The fourth-order valence-corrected chi connectivity index (χ4v) is 2.12. The van der Waals surface area contributed by atoms with Crippen molar-refractivity contribution in [2.24, 2.45) is 0 Å². The fourth-order valence-electron chi connectivity index (χ4n) is 2.12. The van der Waals surface area contributed by atoms with E-state index in [1.165, 1.54) is 0 Å². The minimum atomic E-state index is -0.289. The maximum Gasteiger partial charge on any atom is 0.409 e. The molecule has 22 heavy (non-hydrogen) atoms. The summed E-state index contributed by atoms with van der Waals surface area (Å²) in [5.41, 5.74) is 0.710. The second-order valence-corrected chi connectivity index (χ2v) is 5.11. The maximum atomic E-state index is 12.1. The van der Waals surface area contributed by atoms with Crippen molar-refractivity contribution in [3.05, 3.63) is 24.5 Å². The van der Waals surface area contributed by atoms with Crippen LogP contribution in [-0.2, 0) is 4.74 Å². The lowest BCUT2D eigenvalue weighted by Crippen LogP contribution is -2.51. The average molecular weight is 306 g/mol. The molecule has 7 heteroatoms. The standard InChI is InChI=1S/C15H22N4O3/c1-2-3-12-22-15(21)19-10-8-18(9-11-19)14(20)17-13-4-6-16-7-5-13/h4-7H,2-3,8-12H2,1H3,(H,16,17,20). The fraction of sp³-hybridized carbons (Fsp3) is 0.533. The zero-order chi connectivity index (χ0) is 15.8. The van der Waals surface area contributed by atoms with Gasteiger partial charge in [-0.1, -0.05) is 13.3 Å². The van der Waals surface area contributed by atoms with Crippen LogP contribution in [0.2, 0.25) is 0 Å². The molecule has 0 saturated carbocycles. The highest BCUT2D eigenvalue weighted by molar-refractivity contribution is 5.89. The number of amides is 3. The molecule has 1 aromatic heterocycles. The van der Waals surface area contributed by atoms with Crippen LogP contribution < -0.4 is 5.32 Å². The second kappa shape index (κ2) is 8.21. The van der Waals surface area contributed by atoms with Gasteiger partial charge in [-0.15, -0.1) is 0 Å². The molecule has 0 atom stereocenters. The molecule has 1 N–H and O–H groups in total. The van der Waals surface area contributed by atoms with Crippen molar-refractivity contribution in [1.82, 2.24) is 14.8 Å². The first-order valence-electron chi connectivity index (χ1n) is 7.58. The van der Waals surface area contributed by atoms with Gasteiger partial charge in [0.05, 0.1) is 6.61 Å². The Morgan fingerprint density at radius 3 is 2.45 bits per heavy atom. The Kier molecular flexibility index (Phi) is 6.00. The highest BCUT2D eigenvalue weighted by atomic mass is 16.6. The average Bonchev–Trinajstić information content (AvgIpc) is 2.56. The molecule has 3 amide bonds. The number of nitrogens with zero attached hydrogens (tertiary/aromatic N) is 3. The Hall–Kier alpha value is -2.31. The van der Waals surface area contributed by atoms with E-state index in [0.717, 1.165) is 12.8 Å². The van der Waals surface area contributed by atoms with E-state index in [1.807, 2.05) is 6.92 Å². The van der Waals surface area contributed by atoms with Gasteiger partial charge in [-0.25, -0.2) is 9.59 Å². The number of hydrogen-bond acceptors (Lipinski definition) is 4. The van der Waals surface area contributed by atoms with Gasteiger partial charge in [0.15, 0.2) is 0 Å². The predicted molar refractivity (Wildman–Crippen MR) is 82.7 cm³/mol. The van der Waals surface area contributed by atoms with Gasteiger partial charge in [0.2, 0.25) is 0 Å². The lowest BCUT2D eigenvalue weighted by molar-refractivity contribution is 0.0823. The van der Waals surface area contributed by atoms with Crippen molar-refractivity contribution in [3.63, 3.8) is 0 Å². The number of aromatic nitrogens is 1. The Labute approximate surface area is 130 Å². The van der Waals surface area contributed by atoms with Crippen LogP contribution in [0.15, 0.2) is 24.5 Å². The summed E-state index contributed by atoms with van der Waals surface area (Å²) in [7, 11) is 0. The van der Waals surface area contributed by atoms with Crippen LogP contribution in [-0.4, -0.2) is 59.7 Å². The molecule has 0 unspecified atom stereocenters. The van der Waals surface area contributed by atoms with E-state index in [2.05, 4.69) is 10.3 Å². The lowest BCUT2D eigenvalue weighted by Gasteiger charge is -2.34. The van der Waals surface area contributed by atoms with Crippen LogP contribution in [0, 0.1) is 0 Å². The van der Waals surface area contributed by atoms with Crippen molar-refractivity contribution in [1.29, 1.82) is 0 Å². The minimum Gasteiger partial charge on any atom is -0.449 e. The molecule has 1 aromatic rings. The number of ether oxygens (including phenoxy) is 1. The van der Waals surface area contributed by atoms with Crippen LogP contribution in [0.5, 0.6) is 0 Å². The molecule has 0 aliphatic carbocycles. The SMILES string of the molecule is CCCCOC(=O)N1CCN(C(=O)Nc2ccncc2)CC1. The third-order valence-electron chi connectivity index (χ3n) is 3.48. The van der Waals surface area contributed by atoms with Gasteiger partial charge in [-0.3, -0.25) is 4.98 Å². The third-order valence-corrected chi connectivity index (χ3v) is 3.48. The van der Waals surface area contributed by atoms with Gasteiger partial charge < -0.3 is 19.9 Å². The maximum absolute atomic E-state index is 12.1. The van der Waals surface area contributed by atoms with Crippen LogP contribution in [0.25, 0.3) is 0 Å². The van der Waals surface area contributed by atoms with Crippen LogP contribution in [0.1, 0.15) is 19.8 Å². The largest absolute Gasteiger partial charge is 0.449 e. The van der Waals surface area contributed by atoms with E-state index in [-0.39, 0.29) is 12.1 Å². The van der Waals surface area contributed by atoms with Crippen molar-refractivity contribution in [2.75, 3.05) is 38.1 Å². The topological polar surface area (TPSA) is 74.8 Å². The number of carbonyl (C=O) groups excluding carboxylic acids is 2. The summed E-state index contributed by atoms with van der Waals surface area (Å²) in [5, 5.41) is 2.81. The van der Waals surface area contributed by atoms with Crippen LogP contribution >= 0.6 is 0 Å². The minimum absolute atomic E-state index is 0.162. The van der Waals surface area contributed by atoms with Gasteiger partial charge in [0, 0.05) is 44.3 Å². The number of hydrogen-bond donors (Lipinski definition) is 1. The molecular weight excluding hydrogens is 284 g/mol. The number of nitrogens with one attached hydrogen (secondary N) is 1.